The Labute approximate surface area is 644 Å². The highest BCUT2D eigenvalue weighted by atomic mass is 32.2. The van der Waals surface area contributed by atoms with E-state index in [1.54, 1.807) is 36.1 Å². The van der Waals surface area contributed by atoms with Crippen LogP contribution in [0, 0.1) is 0 Å². The molecule has 0 bridgehead atoms. The van der Waals surface area contributed by atoms with Crippen LogP contribution in [-0.4, -0.2) is 82.7 Å². The van der Waals surface area contributed by atoms with Crippen molar-refractivity contribution in [3.05, 3.63) is 213 Å². The van der Waals surface area contributed by atoms with E-state index in [2.05, 4.69) is 176 Å². The molecule has 23 heteroatoms. The molecule has 2 aliphatic carbocycles. The quantitative estimate of drug-likeness (QED) is 0.0471. The maximum atomic E-state index is 13.6. The third-order valence-corrected chi connectivity index (χ3v) is 20.4. The van der Waals surface area contributed by atoms with E-state index in [-0.39, 0.29) is 17.8 Å². The van der Waals surface area contributed by atoms with E-state index < -0.39 is 34.0 Å². The summed E-state index contributed by atoms with van der Waals surface area (Å²) in [6.45, 7) is 32.9. The number of aromatic amines is 5. The number of halogens is 5. The molecule has 7 aromatic heterocycles. The topological polar surface area (TPSA) is 232 Å². The van der Waals surface area contributed by atoms with Gasteiger partial charge in [-0.25, -0.2) is 8.42 Å². The lowest BCUT2D eigenvalue weighted by molar-refractivity contribution is -0.142. The maximum absolute atomic E-state index is 13.6. The molecule has 17 nitrogen and oxygen atoms in total. The number of phenolic OH excluding ortho intramolecular Hbond substituents is 1. The first-order chi connectivity index (χ1) is 51.9. The Morgan fingerprint density at radius 2 is 1.08 bits per heavy atom. The fourth-order valence-corrected chi connectivity index (χ4v) is 14.9. The number of nitrogens with one attached hydrogen (secondary N) is 7. The number of hydrogen-bond donors (Lipinski definition) is 9. The monoisotopic (exact) mass is 1530 g/mol. The van der Waals surface area contributed by atoms with Gasteiger partial charge in [-0.3, -0.25) is 14.1 Å². The van der Waals surface area contributed by atoms with Gasteiger partial charge in [-0.1, -0.05) is 125 Å². The van der Waals surface area contributed by atoms with E-state index in [1.807, 2.05) is 94.8 Å². The summed E-state index contributed by atoms with van der Waals surface area (Å²) in [6, 6.07) is 33.7. The Balaban J connectivity index is 0.000000149. The van der Waals surface area contributed by atoms with Crippen molar-refractivity contribution in [1.82, 2.24) is 44.5 Å². The second kappa shape index (κ2) is 36.4. The van der Waals surface area contributed by atoms with Gasteiger partial charge in [0.2, 0.25) is 10.0 Å². The lowest BCUT2D eigenvalue weighted by Crippen LogP contribution is -2.19. The summed E-state index contributed by atoms with van der Waals surface area (Å²) in [6.07, 6.45) is 15.9. The van der Waals surface area contributed by atoms with Gasteiger partial charge in [-0.15, -0.1) is 0 Å². The summed E-state index contributed by atoms with van der Waals surface area (Å²) < 4.78 is 105. The molecule has 15 rings (SSSR count). The van der Waals surface area contributed by atoms with Gasteiger partial charge in [0.15, 0.2) is 17.2 Å². The molecule has 110 heavy (non-hydrogen) atoms. The molecule has 8 heterocycles. The van der Waals surface area contributed by atoms with Crippen LogP contribution >= 0.6 is 0 Å². The molecule has 5 aromatic carbocycles. The van der Waals surface area contributed by atoms with Crippen LogP contribution in [0.15, 0.2) is 140 Å². The number of aromatic hydroxyl groups is 1. The molecule has 0 saturated carbocycles. The van der Waals surface area contributed by atoms with Gasteiger partial charge in [-0.2, -0.15) is 32.1 Å². The lowest BCUT2D eigenvalue weighted by atomic mass is 9.87. The van der Waals surface area contributed by atoms with Crippen molar-refractivity contribution in [2.75, 3.05) is 23.4 Å². The van der Waals surface area contributed by atoms with Crippen molar-refractivity contribution in [2.24, 2.45) is 0 Å². The number of sulfonamides is 1. The van der Waals surface area contributed by atoms with E-state index >= 15 is 0 Å². The lowest BCUT2D eigenvalue weighted by Gasteiger charge is -2.22. The standard InChI is InChI=1S/C19H21NO2.C13H20F2N2.C12H16N2O2S.C11H15F3N2.C11H13NO.C11H13N.C10H14N2O/c1-13(2)16-11-20-17-10-18(21-3)19(9-15(16)17)22-12-14-7-5-4-6-8-14;1-8(2)17-11-9(3)6-5-7-10(11)12(16-17)13(4,14)15;1-8(2)11-7-13-12-5-4-9(6-10(11)12)14-17(3,15)16;1-7(2)16-9-6-4-3-5-8(9)10(15-16)11(12,13)14;1-7(2)10-6-12-11-4-3-8(13)5-9(10)11;1-8(2)10-7-12-11-6-4-3-5-9(10)11;1-6(2)7-5-11-8-3-4-9(13)12-10(7)8/h4-11,13,20H,12H2,1-3H3;8-9H,5-7H2,1-4H3;4-8,13-14H,1-3H3;7H,3-6H2,1-2H3;3-7,12-13H,1-2H3;3-8,12H,1-2H3;3-6,9,11-13H,1-2H3. The number of phenols is 1. The predicted molar refractivity (Wildman–Crippen MR) is 438 cm³/mol. The summed E-state index contributed by atoms with van der Waals surface area (Å²) >= 11 is 0. The van der Waals surface area contributed by atoms with Crippen molar-refractivity contribution < 1.29 is 50.1 Å². The summed E-state index contributed by atoms with van der Waals surface area (Å²) in [5.41, 5.74) is 17.0. The van der Waals surface area contributed by atoms with Crippen molar-refractivity contribution >= 4 is 71.1 Å². The van der Waals surface area contributed by atoms with Gasteiger partial charge >= 0.3 is 6.18 Å². The normalized spacial score (nSPS) is 14.7. The number of fused-ring (bicyclic) bond motifs is 7. The van der Waals surface area contributed by atoms with Gasteiger partial charge in [0.1, 0.15) is 24.3 Å². The van der Waals surface area contributed by atoms with Crippen molar-refractivity contribution in [3.8, 4) is 17.2 Å². The van der Waals surface area contributed by atoms with Crippen LogP contribution < -0.4 is 19.5 Å². The molecule has 9 N–H and O–H groups in total. The zero-order valence-corrected chi connectivity index (χ0v) is 67.6. The molecule has 0 spiro atoms. The summed E-state index contributed by atoms with van der Waals surface area (Å²) in [5.74, 6) is 1.77. The number of rotatable bonds is 14. The third-order valence-electron chi connectivity index (χ3n) is 19.8. The van der Waals surface area contributed by atoms with Gasteiger partial charge in [-0.05, 0) is 202 Å². The van der Waals surface area contributed by atoms with Crippen molar-refractivity contribution in [3.63, 3.8) is 0 Å². The molecule has 3 aliphatic rings. The van der Waals surface area contributed by atoms with E-state index in [9.17, 15) is 40.6 Å². The average molecular weight is 1530 g/mol. The molecule has 592 valence electrons. The Morgan fingerprint density at radius 1 is 0.573 bits per heavy atom. The molecule has 0 radical (unpaired) electrons. The Kier molecular flexibility index (Phi) is 27.9. The highest BCUT2D eigenvalue weighted by Crippen LogP contribution is 2.42. The number of aromatic nitrogens is 9. The van der Waals surface area contributed by atoms with Crippen LogP contribution in [0.1, 0.15) is 257 Å². The Morgan fingerprint density at radius 3 is 1.65 bits per heavy atom. The third kappa shape index (κ3) is 21.0. The maximum Gasteiger partial charge on any atom is 0.435 e. The van der Waals surface area contributed by atoms with E-state index in [0.717, 1.165) is 124 Å². The number of nitrogens with zero attached hydrogens (tertiary/aromatic N) is 4. The molecule has 12 aromatic rings. The summed E-state index contributed by atoms with van der Waals surface area (Å²) in [5, 5.41) is 34.4. The minimum atomic E-state index is -4.32. The van der Waals surface area contributed by atoms with E-state index in [0.29, 0.717) is 65.5 Å². The molecule has 0 saturated heterocycles. The zero-order chi connectivity index (χ0) is 80.3. The van der Waals surface area contributed by atoms with Crippen LogP contribution in [0.25, 0.3) is 49.7 Å². The number of hydrogen-bond acceptors (Lipinski definition) is 9. The molecule has 0 amide bonds. The number of alkyl halides is 5. The van der Waals surface area contributed by atoms with Crippen LogP contribution in [0.5, 0.6) is 17.2 Å². The van der Waals surface area contributed by atoms with Crippen LogP contribution in [0.4, 0.5) is 33.3 Å². The second-order valence-corrected chi connectivity index (χ2v) is 32.7. The molecule has 2 unspecified atom stereocenters. The van der Waals surface area contributed by atoms with E-state index in [4.69, 9.17) is 9.47 Å². The highest BCUT2D eigenvalue weighted by molar-refractivity contribution is 7.92. The number of aliphatic hydroxyl groups excluding tert-OH is 1. The fraction of sp³-hybridized carbons (Fsp3) is 0.425. The second-order valence-electron chi connectivity index (χ2n) is 30.9. The first kappa shape index (κ1) is 84.3. The van der Waals surface area contributed by atoms with Gasteiger partial charge in [0.25, 0.3) is 5.92 Å². The average Bonchev–Trinajstić information content (AvgIpc) is 1.62. The molecule has 0 fully saturated rings. The van der Waals surface area contributed by atoms with Crippen molar-refractivity contribution in [2.45, 2.75) is 228 Å². The predicted octanol–water partition coefficient (Wildman–Crippen LogP) is 23.1. The van der Waals surface area contributed by atoms with Crippen LogP contribution in [0.3, 0.4) is 0 Å². The Hall–Kier alpha value is -9.74. The number of benzene rings is 5. The minimum absolute atomic E-state index is 0.00671. The molecule has 2 atom stereocenters. The van der Waals surface area contributed by atoms with Gasteiger partial charge < -0.3 is 49.9 Å². The molecular weight excluding hydrogens is 1420 g/mol. The summed E-state index contributed by atoms with van der Waals surface area (Å²) in [4.78, 5) is 16.1. The highest BCUT2D eigenvalue weighted by Gasteiger charge is 2.40. The number of aliphatic hydroxyl groups is 1. The number of anilines is 2. The number of methoxy groups -OCH3 is 1. The van der Waals surface area contributed by atoms with Gasteiger partial charge in [0.05, 0.1) is 24.7 Å². The minimum Gasteiger partial charge on any atom is -0.508 e. The summed E-state index contributed by atoms with van der Waals surface area (Å²) in [7, 11) is -1.55. The SMILES string of the molecule is CC(C)c1c[nH]c2c1NC(O)C=C2.CC(C)c1c[nH]c2ccc(NS(C)(=O)=O)cc12.CC(C)c1c[nH]c2ccc(O)cc12.CC(C)c1c[nH]c2ccccc12.CC(C)n1nc(C(F)(F)F)c2c1CCCC2.CC1CCCc2c(C(C)(F)F)nn(C(C)C)c21.COc1cc2[nH]cc(C(C)C)c2cc1OCc1ccccc1. The fourth-order valence-electron chi connectivity index (χ4n) is 14.3. The first-order valence-electron chi connectivity index (χ1n) is 38.3. The Bertz CT molecular complexity index is 5140. The van der Waals surface area contributed by atoms with Crippen LogP contribution in [0.2, 0.25) is 0 Å². The largest absolute Gasteiger partial charge is 0.508 e. The first-order valence-corrected chi connectivity index (χ1v) is 40.1. The smallest absolute Gasteiger partial charge is 0.435 e. The number of H-pyrrole nitrogens is 5. The molecule has 1 aliphatic heterocycles. The molecular formula is C87H112F5N11O6S. The van der Waals surface area contributed by atoms with Crippen molar-refractivity contribution in [1.29, 1.82) is 0 Å². The zero-order valence-electron chi connectivity index (χ0n) is 66.8. The number of ether oxygens (including phenoxy) is 2. The van der Waals surface area contributed by atoms with E-state index in [1.165, 1.54) is 48.8 Å². The van der Waals surface area contributed by atoms with Gasteiger partial charge in [0, 0.05) is 128 Å². The number of para-hydroxylation sites is 1. The van der Waals surface area contributed by atoms with Crippen LogP contribution in [-0.2, 0) is 48.0 Å².